The molecule has 1 aromatic carbocycles. The Balaban J connectivity index is 1.67. The lowest BCUT2D eigenvalue weighted by Gasteiger charge is -2.11. The fourth-order valence-corrected chi connectivity index (χ4v) is 2.53. The minimum absolute atomic E-state index is 0.607. The highest BCUT2D eigenvalue weighted by Crippen LogP contribution is 2.14. The first-order valence-corrected chi connectivity index (χ1v) is 9.57. The van der Waals surface area contributed by atoms with Crippen molar-refractivity contribution in [1.82, 2.24) is 15.6 Å². The molecule has 144 valence electrons. The topological polar surface area (TPSA) is 70.7 Å². The molecule has 1 aromatic heterocycles. The summed E-state index contributed by atoms with van der Waals surface area (Å²) in [6.07, 6.45) is 2.27. The minimum atomic E-state index is 0.607. The van der Waals surface area contributed by atoms with E-state index >= 15 is 0 Å². The number of benzene rings is 1. The van der Waals surface area contributed by atoms with Gasteiger partial charge in [-0.25, -0.2) is 4.99 Å². The van der Waals surface area contributed by atoms with Gasteiger partial charge in [0.15, 0.2) is 5.96 Å². The number of unbranched alkanes of at least 4 members (excludes halogenated alkanes) is 1. The van der Waals surface area contributed by atoms with Crippen molar-refractivity contribution in [3.8, 4) is 0 Å². The molecule has 6 heteroatoms. The summed E-state index contributed by atoms with van der Waals surface area (Å²) in [6.45, 7) is 9.12. The Morgan fingerprint density at radius 2 is 1.85 bits per heavy atom. The lowest BCUT2D eigenvalue weighted by atomic mass is 10.2. The van der Waals surface area contributed by atoms with Crippen LogP contribution in [0.5, 0.6) is 0 Å². The average Bonchev–Trinajstić information content (AvgIpc) is 3.07. The molecule has 0 bridgehead atoms. The Kier molecular flexibility index (Phi) is 9.61. The van der Waals surface area contributed by atoms with Crippen LogP contribution in [-0.2, 0) is 16.0 Å². The zero-order valence-corrected chi connectivity index (χ0v) is 16.0. The fraction of sp³-hybridized carbons (Fsp3) is 0.550. The van der Waals surface area contributed by atoms with Crippen LogP contribution >= 0.6 is 0 Å². The number of hydrogen-bond donors (Lipinski definition) is 3. The van der Waals surface area contributed by atoms with Crippen molar-refractivity contribution < 1.29 is 9.47 Å². The molecule has 0 aliphatic rings. The van der Waals surface area contributed by atoms with Crippen LogP contribution in [0.25, 0.3) is 10.9 Å². The molecule has 2 rings (SSSR count). The van der Waals surface area contributed by atoms with Crippen molar-refractivity contribution in [1.29, 1.82) is 0 Å². The molecule has 1 heterocycles. The van der Waals surface area contributed by atoms with Gasteiger partial charge in [-0.1, -0.05) is 31.5 Å². The first-order chi connectivity index (χ1) is 12.8. The number of ether oxygens (including phenoxy) is 2. The van der Waals surface area contributed by atoms with E-state index in [2.05, 4.69) is 52.7 Å². The van der Waals surface area contributed by atoms with E-state index in [1.807, 2.05) is 12.1 Å². The maximum absolute atomic E-state index is 5.57. The second-order valence-electron chi connectivity index (χ2n) is 6.08. The Morgan fingerprint density at radius 3 is 2.62 bits per heavy atom. The number of para-hydroxylation sites is 1. The summed E-state index contributed by atoms with van der Waals surface area (Å²) in [7, 11) is 0. The van der Waals surface area contributed by atoms with Crippen LogP contribution in [0.4, 0.5) is 0 Å². The molecule has 0 saturated carbocycles. The van der Waals surface area contributed by atoms with E-state index in [0.717, 1.165) is 43.2 Å². The number of aromatic nitrogens is 1. The quantitative estimate of drug-likeness (QED) is 0.309. The second kappa shape index (κ2) is 12.3. The Morgan fingerprint density at radius 1 is 1.04 bits per heavy atom. The van der Waals surface area contributed by atoms with Crippen LogP contribution in [0, 0.1) is 0 Å². The lowest BCUT2D eigenvalue weighted by Crippen LogP contribution is -2.39. The van der Waals surface area contributed by atoms with E-state index in [-0.39, 0.29) is 0 Å². The van der Waals surface area contributed by atoms with Crippen molar-refractivity contribution in [2.24, 2.45) is 4.99 Å². The number of aliphatic imine (C=N–C) groups is 1. The maximum Gasteiger partial charge on any atom is 0.191 e. The van der Waals surface area contributed by atoms with Crippen LogP contribution < -0.4 is 10.6 Å². The van der Waals surface area contributed by atoms with Gasteiger partial charge in [-0.2, -0.15) is 0 Å². The van der Waals surface area contributed by atoms with Crippen LogP contribution in [0.3, 0.4) is 0 Å². The summed E-state index contributed by atoms with van der Waals surface area (Å²) in [5, 5.41) is 7.76. The number of H-pyrrole nitrogens is 1. The smallest absolute Gasteiger partial charge is 0.191 e. The van der Waals surface area contributed by atoms with Crippen LogP contribution in [0.2, 0.25) is 0 Å². The number of nitrogens with one attached hydrogen (secondary N) is 3. The number of nitrogens with zero attached hydrogens (tertiary/aromatic N) is 1. The van der Waals surface area contributed by atoms with E-state index in [4.69, 9.17) is 9.47 Å². The van der Waals surface area contributed by atoms with Gasteiger partial charge in [-0.3, -0.25) is 0 Å². The molecule has 0 radical (unpaired) electrons. The fourth-order valence-electron chi connectivity index (χ4n) is 2.53. The molecule has 3 N–H and O–H groups in total. The van der Waals surface area contributed by atoms with E-state index in [9.17, 15) is 0 Å². The summed E-state index contributed by atoms with van der Waals surface area (Å²) >= 11 is 0. The maximum atomic E-state index is 5.57. The Labute approximate surface area is 156 Å². The van der Waals surface area contributed by atoms with Gasteiger partial charge >= 0.3 is 0 Å². The van der Waals surface area contributed by atoms with Crippen molar-refractivity contribution in [3.63, 3.8) is 0 Å². The minimum Gasteiger partial charge on any atom is -0.379 e. The third-order valence-corrected chi connectivity index (χ3v) is 3.89. The summed E-state index contributed by atoms with van der Waals surface area (Å²) in [6, 6.07) is 10.4. The third-order valence-electron chi connectivity index (χ3n) is 3.89. The summed E-state index contributed by atoms with van der Waals surface area (Å²) in [5.74, 6) is 0.800. The largest absolute Gasteiger partial charge is 0.379 e. The molecule has 0 unspecified atom stereocenters. The van der Waals surface area contributed by atoms with Gasteiger partial charge in [0.25, 0.3) is 0 Å². The van der Waals surface area contributed by atoms with Gasteiger partial charge in [0.1, 0.15) is 0 Å². The molecular weight excluding hydrogens is 328 g/mol. The predicted octanol–water partition coefficient (Wildman–Crippen LogP) is 3.06. The molecule has 0 saturated heterocycles. The monoisotopic (exact) mass is 360 g/mol. The second-order valence-corrected chi connectivity index (χ2v) is 6.08. The van der Waals surface area contributed by atoms with Crippen molar-refractivity contribution >= 4 is 16.9 Å². The van der Waals surface area contributed by atoms with E-state index < -0.39 is 0 Å². The van der Waals surface area contributed by atoms with E-state index in [1.165, 1.54) is 5.39 Å². The summed E-state index contributed by atoms with van der Waals surface area (Å²) in [4.78, 5) is 8.03. The highest BCUT2D eigenvalue weighted by atomic mass is 16.5. The number of aromatic amines is 1. The number of rotatable bonds is 12. The van der Waals surface area contributed by atoms with Gasteiger partial charge in [0.2, 0.25) is 0 Å². The van der Waals surface area contributed by atoms with Crippen LogP contribution in [-0.4, -0.2) is 50.5 Å². The molecule has 0 spiro atoms. The molecule has 0 amide bonds. The van der Waals surface area contributed by atoms with Gasteiger partial charge in [-0.15, -0.1) is 0 Å². The third kappa shape index (κ3) is 7.45. The predicted molar refractivity (Wildman–Crippen MR) is 108 cm³/mol. The lowest BCUT2D eigenvalue weighted by molar-refractivity contribution is 0.0487. The Hall–Kier alpha value is -2.05. The summed E-state index contributed by atoms with van der Waals surface area (Å²) in [5.41, 5.74) is 2.24. The number of hydrogen-bond acceptors (Lipinski definition) is 3. The molecule has 6 nitrogen and oxygen atoms in total. The first-order valence-electron chi connectivity index (χ1n) is 9.57. The molecule has 0 atom stereocenters. The average molecular weight is 361 g/mol. The zero-order valence-electron chi connectivity index (χ0n) is 16.0. The highest BCUT2D eigenvalue weighted by molar-refractivity contribution is 5.81. The number of guanidine groups is 1. The first kappa shape index (κ1) is 20.3. The van der Waals surface area contributed by atoms with Gasteiger partial charge in [0.05, 0.1) is 26.4 Å². The van der Waals surface area contributed by atoms with Crippen molar-refractivity contribution in [2.75, 3.05) is 39.5 Å². The standard InChI is InChI=1S/C20H32N4O2/c1-3-5-11-25-13-14-26-12-10-22-20(21-4-2)23-16-18-15-17-8-6-7-9-19(17)24-18/h6-9,15,24H,3-5,10-14,16H2,1-2H3,(H2,21,22,23). The highest BCUT2D eigenvalue weighted by Gasteiger charge is 2.01. The normalized spacial score (nSPS) is 11.8. The molecule has 0 aliphatic carbocycles. The van der Waals surface area contributed by atoms with Crippen LogP contribution in [0.15, 0.2) is 35.3 Å². The summed E-state index contributed by atoms with van der Waals surface area (Å²) < 4.78 is 11.0. The SMILES string of the molecule is CCCCOCCOCCNC(=NCc1cc2ccccc2[nH]1)NCC. The zero-order chi connectivity index (χ0) is 18.5. The molecule has 26 heavy (non-hydrogen) atoms. The molecule has 2 aromatic rings. The van der Waals surface area contributed by atoms with Crippen molar-refractivity contribution in [3.05, 3.63) is 36.0 Å². The van der Waals surface area contributed by atoms with E-state index in [0.29, 0.717) is 32.9 Å². The van der Waals surface area contributed by atoms with Crippen molar-refractivity contribution in [2.45, 2.75) is 33.2 Å². The van der Waals surface area contributed by atoms with Crippen LogP contribution in [0.1, 0.15) is 32.4 Å². The molecule has 0 aliphatic heterocycles. The van der Waals surface area contributed by atoms with Gasteiger partial charge in [0, 0.05) is 30.9 Å². The molecular formula is C20H32N4O2. The van der Waals surface area contributed by atoms with E-state index in [1.54, 1.807) is 0 Å². The number of fused-ring (bicyclic) bond motifs is 1. The van der Waals surface area contributed by atoms with Gasteiger partial charge < -0.3 is 25.1 Å². The molecule has 0 fully saturated rings. The Bertz CT molecular complexity index is 621. The van der Waals surface area contributed by atoms with Gasteiger partial charge in [-0.05, 0) is 30.9 Å².